The van der Waals surface area contributed by atoms with E-state index in [9.17, 15) is 9.59 Å². The summed E-state index contributed by atoms with van der Waals surface area (Å²) in [5.74, 6) is 0.801. The average Bonchev–Trinajstić information content (AvgIpc) is 2.88. The Morgan fingerprint density at radius 1 is 1.22 bits per heavy atom. The molecule has 4 heterocycles. The van der Waals surface area contributed by atoms with Gasteiger partial charge in [0.2, 0.25) is 11.8 Å². The fourth-order valence-electron chi connectivity index (χ4n) is 4.04. The molecule has 0 aliphatic carbocycles. The highest BCUT2D eigenvalue weighted by atomic mass is 16.5. The third-order valence-electron chi connectivity index (χ3n) is 5.73. The number of hydrogen-bond donors (Lipinski definition) is 1. The van der Waals surface area contributed by atoms with Crippen LogP contribution < -0.4 is 20.3 Å². The molecule has 10 nitrogen and oxygen atoms in total. The average molecular weight is 493 g/mol. The third-order valence-corrected chi connectivity index (χ3v) is 5.73. The first-order chi connectivity index (χ1) is 17.4. The van der Waals surface area contributed by atoms with Gasteiger partial charge < -0.3 is 14.8 Å². The molecule has 36 heavy (non-hydrogen) atoms. The summed E-state index contributed by atoms with van der Waals surface area (Å²) < 4.78 is 12.4. The van der Waals surface area contributed by atoms with Gasteiger partial charge in [-0.1, -0.05) is 18.2 Å². The first-order valence-electron chi connectivity index (χ1n) is 12.2. The van der Waals surface area contributed by atoms with Gasteiger partial charge in [0.15, 0.2) is 11.5 Å². The molecule has 0 saturated carbocycles. The van der Waals surface area contributed by atoms with Crippen LogP contribution in [0.1, 0.15) is 26.7 Å². The Kier molecular flexibility index (Phi) is 8.27. The lowest BCUT2D eigenvalue weighted by atomic mass is 10.2. The number of nitrogens with one attached hydrogen (secondary N) is 1. The van der Waals surface area contributed by atoms with Gasteiger partial charge in [-0.3, -0.25) is 19.1 Å². The number of fused-ring (bicyclic) bond motifs is 1. The minimum atomic E-state index is -0.392. The van der Waals surface area contributed by atoms with Crippen LogP contribution in [0.5, 0.6) is 11.6 Å². The van der Waals surface area contributed by atoms with E-state index in [1.54, 1.807) is 30.5 Å². The van der Waals surface area contributed by atoms with E-state index in [1.807, 2.05) is 13.8 Å². The predicted molar refractivity (Wildman–Crippen MR) is 137 cm³/mol. The van der Waals surface area contributed by atoms with E-state index in [4.69, 9.17) is 9.47 Å². The molecule has 0 atom stereocenters. The maximum Gasteiger partial charge on any atom is 0.263 e. The Morgan fingerprint density at radius 2 is 2.08 bits per heavy atom. The van der Waals surface area contributed by atoms with Crippen molar-refractivity contribution in [3.05, 3.63) is 53.0 Å². The van der Waals surface area contributed by atoms with Crippen molar-refractivity contribution in [2.75, 3.05) is 33.4 Å². The second kappa shape index (κ2) is 11.8. The third kappa shape index (κ3) is 6.25. The van der Waals surface area contributed by atoms with E-state index in [0.29, 0.717) is 23.9 Å². The summed E-state index contributed by atoms with van der Waals surface area (Å²) in [6, 6.07) is 6.73. The van der Waals surface area contributed by atoms with E-state index in [2.05, 4.69) is 37.3 Å². The van der Waals surface area contributed by atoms with Crippen molar-refractivity contribution in [2.45, 2.75) is 39.3 Å². The lowest BCUT2D eigenvalue weighted by molar-refractivity contribution is -0.122. The number of amides is 1. The first kappa shape index (κ1) is 25.3. The summed E-state index contributed by atoms with van der Waals surface area (Å²) in [7, 11) is 1.51. The van der Waals surface area contributed by atoms with Crippen molar-refractivity contribution in [3.8, 4) is 23.1 Å². The number of nitrogens with zero attached hydrogens (tertiary/aromatic N) is 5. The first-order valence-corrected chi connectivity index (χ1v) is 12.2. The second-order valence-electron chi connectivity index (χ2n) is 8.92. The molecule has 0 radical (unpaired) electrons. The molecule has 1 aliphatic heterocycles. The van der Waals surface area contributed by atoms with Gasteiger partial charge >= 0.3 is 0 Å². The summed E-state index contributed by atoms with van der Waals surface area (Å²) in [4.78, 5) is 41.9. The number of pyridine rings is 2. The second-order valence-corrected chi connectivity index (χ2v) is 8.92. The van der Waals surface area contributed by atoms with Gasteiger partial charge in [0.1, 0.15) is 18.0 Å². The molecule has 1 N–H and O–H groups in total. The maximum absolute atomic E-state index is 13.6. The predicted octanol–water partition coefficient (Wildman–Crippen LogP) is 2.42. The Labute approximate surface area is 210 Å². The lowest BCUT2D eigenvalue weighted by Gasteiger charge is -2.22. The zero-order valence-corrected chi connectivity index (χ0v) is 20.9. The largest absolute Gasteiger partial charge is 0.492 e. The number of aromatic nitrogens is 4. The molecule has 0 unspecified atom stereocenters. The highest BCUT2D eigenvalue weighted by molar-refractivity contribution is 5.80. The number of methoxy groups -OCH3 is 1. The Bertz CT molecular complexity index is 1300. The van der Waals surface area contributed by atoms with E-state index >= 15 is 0 Å². The monoisotopic (exact) mass is 492 g/mol. The van der Waals surface area contributed by atoms with Crippen molar-refractivity contribution in [1.82, 2.24) is 29.7 Å². The molecule has 1 aliphatic rings. The fourth-order valence-corrected chi connectivity index (χ4v) is 4.04. The summed E-state index contributed by atoms with van der Waals surface area (Å²) in [5, 5.41) is 3.10. The standard InChI is InChI=1S/C26H32N6O4/c1-18(2)28-22(33)17-32-25(21-9-7-10-23(29-21)35-3)30-24-20(26(32)34)15-19(16-27-24)36-14-8-13-31-11-5-4-6-12-31/h4-5,7,9-10,15-16,18H,6,8,11-14,17H2,1-3H3,(H,28,33). The molecule has 190 valence electrons. The van der Waals surface area contributed by atoms with Gasteiger partial charge in [0.25, 0.3) is 5.56 Å². The van der Waals surface area contributed by atoms with Gasteiger partial charge in [-0.25, -0.2) is 15.0 Å². The molecule has 0 fully saturated rings. The Hall–Kier alpha value is -3.79. The van der Waals surface area contributed by atoms with Crippen molar-refractivity contribution in [3.63, 3.8) is 0 Å². The number of rotatable bonds is 10. The van der Waals surface area contributed by atoms with Crippen molar-refractivity contribution < 1.29 is 14.3 Å². The quantitative estimate of drug-likeness (QED) is 0.339. The molecule has 1 amide bonds. The van der Waals surface area contributed by atoms with E-state index in [1.165, 1.54) is 11.7 Å². The SMILES string of the molecule is COc1cccc(-c2nc3ncc(OCCCN4CC=CCC4)cc3c(=O)n2CC(=O)NC(C)C)n1. The highest BCUT2D eigenvalue weighted by Crippen LogP contribution is 2.21. The summed E-state index contributed by atoms with van der Waals surface area (Å²) >= 11 is 0. The van der Waals surface area contributed by atoms with Crippen LogP contribution in [-0.2, 0) is 11.3 Å². The summed E-state index contributed by atoms with van der Waals surface area (Å²) in [6.07, 6.45) is 7.90. The van der Waals surface area contributed by atoms with E-state index in [-0.39, 0.29) is 35.4 Å². The molecule has 0 saturated heterocycles. The van der Waals surface area contributed by atoms with Crippen molar-refractivity contribution in [1.29, 1.82) is 0 Å². The van der Waals surface area contributed by atoms with E-state index < -0.39 is 5.56 Å². The molecule has 10 heteroatoms. The minimum absolute atomic E-state index is 0.0670. The molecular weight excluding hydrogens is 460 g/mol. The van der Waals surface area contributed by atoms with Crippen molar-refractivity contribution in [2.24, 2.45) is 0 Å². The van der Waals surface area contributed by atoms with Gasteiger partial charge in [-0.05, 0) is 38.8 Å². The molecule has 3 aromatic heterocycles. The van der Waals surface area contributed by atoms with Crippen LogP contribution in [-0.4, -0.2) is 69.7 Å². The van der Waals surface area contributed by atoms with Crippen molar-refractivity contribution >= 4 is 16.9 Å². The zero-order valence-electron chi connectivity index (χ0n) is 20.9. The summed E-state index contributed by atoms with van der Waals surface area (Å²) in [6.45, 7) is 7.01. The zero-order chi connectivity index (χ0) is 25.5. The van der Waals surface area contributed by atoms with Crippen LogP contribution >= 0.6 is 0 Å². The van der Waals surface area contributed by atoms with Crippen LogP contribution in [0.15, 0.2) is 47.4 Å². The topological polar surface area (TPSA) is 111 Å². The molecule has 0 bridgehead atoms. The van der Waals surface area contributed by atoms with Crippen LogP contribution in [0.4, 0.5) is 0 Å². The number of carbonyl (C=O) groups is 1. The van der Waals surface area contributed by atoms with Gasteiger partial charge in [0, 0.05) is 31.7 Å². The molecule has 0 aromatic carbocycles. The molecule has 3 aromatic rings. The van der Waals surface area contributed by atoms with Gasteiger partial charge in [-0.15, -0.1) is 0 Å². The number of carbonyl (C=O) groups excluding carboxylic acids is 1. The number of ether oxygens (including phenoxy) is 2. The lowest BCUT2D eigenvalue weighted by Crippen LogP contribution is -2.37. The minimum Gasteiger partial charge on any atom is -0.492 e. The Balaban J connectivity index is 1.62. The fraction of sp³-hybridized carbons (Fsp3) is 0.423. The van der Waals surface area contributed by atoms with Crippen LogP contribution in [0.3, 0.4) is 0 Å². The molecule has 4 rings (SSSR count). The summed E-state index contributed by atoms with van der Waals surface area (Å²) in [5.41, 5.74) is 0.268. The Morgan fingerprint density at radius 3 is 2.83 bits per heavy atom. The molecule has 0 spiro atoms. The van der Waals surface area contributed by atoms with Gasteiger partial charge in [0.05, 0.1) is 25.3 Å². The van der Waals surface area contributed by atoms with Crippen LogP contribution in [0, 0.1) is 0 Å². The maximum atomic E-state index is 13.6. The van der Waals surface area contributed by atoms with Gasteiger partial charge in [-0.2, -0.15) is 0 Å². The molecular formula is C26H32N6O4. The van der Waals surface area contributed by atoms with Crippen LogP contribution in [0.25, 0.3) is 22.6 Å². The van der Waals surface area contributed by atoms with Crippen LogP contribution in [0.2, 0.25) is 0 Å². The normalized spacial score (nSPS) is 13.8. The highest BCUT2D eigenvalue weighted by Gasteiger charge is 2.18. The number of hydrogen-bond acceptors (Lipinski definition) is 8. The smallest absolute Gasteiger partial charge is 0.263 e. The van der Waals surface area contributed by atoms with E-state index in [0.717, 1.165) is 32.5 Å².